The molecule has 0 aliphatic carbocycles. The van der Waals surface area contributed by atoms with E-state index in [1.165, 1.54) is 22.5 Å². The SMILES string of the molecule is O=C(CNC(=O)c1cccs1)OCC(=O)N1CCN(C(=O)c2ccco2)CC1. The highest BCUT2D eigenvalue weighted by molar-refractivity contribution is 7.12. The molecule has 0 aromatic carbocycles. The normalized spacial score (nSPS) is 13.9. The summed E-state index contributed by atoms with van der Waals surface area (Å²) in [5, 5.41) is 4.20. The summed E-state index contributed by atoms with van der Waals surface area (Å²) in [7, 11) is 0. The molecule has 3 rings (SSSR count). The molecule has 28 heavy (non-hydrogen) atoms. The van der Waals surface area contributed by atoms with Crippen molar-refractivity contribution in [2.75, 3.05) is 39.3 Å². The van der Waals surface area contributed by atoms with Gasteiger partial charge in [-0.15, -0.1) is 11.3 Å². The second-order valence-corrected chi connectivity index (χ2v) is 6.92. The molecule has 2 aromatic rings. The third-order valence-electron chi connectivity index (χ3n) is 4.15. The van der Waals surface area contributed by atoms with Crippen LogP contribution in [0.25, 0.3) is 0 Å². The molecular weight excluding hydrogens is 386 g/mol. The Hall–Kier alpha value is -3.14. The molecule has 1 aliphatic heterocycles. The average molecular weight is 405 g/mol. The Morgan fingerprint density at radius 1 is 1.07 bits per heavy atom. The first-order valence-corrected chi connectivity index (χ1v) is 9.50. The van der Waals surface area contributed by atoms with Crippen LogP contribution in [0.2, 0.25) is 0 Å². The van der Waals surface area contributed by atoms with Gasteiger partial charge in [-0.2, -0.15) is 0 Å². The van der Waals surface area contributed by atoms with Gasteiger partial charge in [0, 0.05) is 26.2 Å². The Bertz CT molecular complexity index is 826. The number of carbonyl (C=O) groups excluding carboxylic acids is 4. The van der Waals surface area contributed by atoms with Gasteiger partial charge in [0.15, 0.2) is 12.4 Å². The monoisotopic (exact) mass is 405 g/mol. The molecule has 0 radical (unpaired) electrons. The lowest BCUT2D eigenvalue weighted by Gasteiger charge is -2.34. The highest BCUT2D eigenvalue weighted by atomic mass is 32.1. The fourth-order valence-corrected chi connectivity index (χ4v) is 3.29. The minimum absolute atomic E-state index is 0.218. The molecule has 0 bridgehead atoms. The van der Waals surface area contributed by atoms with Crippen LogP contribution in [0.4, 0.5) is 0 Å². The summed E-state index contributed by atoms with van der Waals surface area (Å²) in [6.07, 6.45) is 1.43. The number of rotatable bonds is 6. The smallest absolute Gasteiger partial charge is 0.325 e. The average Bonchev–Trinajstić information content (AvgIpc) is 3.44. The van der Waals surface area contributed by atoms with Crippen molar-refractivity contribution >= 4 is 35.0 Å². The van der Waals surface area contributed by atoms with Crippen molar-refractivity contribution in [2.24, 2.45) is 0 Å². The summed E-state index contributed by atoms with van der Waals surface area (Å²) < 4.78 is 10.0. The van der Waals surface area contributed by atoms with Crippen LogP contribution >= 0.6 is 11.3 Å². The van der Waals surface area contributed by atoms with Gasteiger partial charge in [0.2, 0.25) is 0 Å². The summed E-state index contributed by atoms with van der Waals surface area (Å²) in [6.45, 7) is 0.720. The number of nitrogens with one attached hydrogen (secondary N) is 1. The van der Waals surface area contributed by atoms with Gasteiger partial charge in [-0.3, -0.25) is 19.2 Å². The quantitative estimate of drug-likeness (QED) is 0.705. The molecule has 0 atom stereocenters. The number of hydrogen-bond acceptors (Lipinski definition) is 7. The van der Waals surface area contributed by atoms with Crippen LogP contribution in [-0.2, 0) is 14.3 Å². The van der Waals surface area contributed by atoms with Gasteiger partial charge in [-0.1, -0.05) is 6.07 Å². The minimum atomic E-state index is -0.690. The number of thiophene rings is 1. The van der Waals surface area contributed by atoms with Crippen LogP contribution in [0.5, 0.6) is 0 Å². The molecule has 1 aliphatic rings. The van der Waals surface area contributed by atoms with E-state index in [1.807, 2.05) is 0 Å². The van der Waals surface area contributed by atoms with Gasteiger partial charge in [0.1, 0.15) is 6.54 Å². The standard InChI is InChI=1S/C18H19N3O6S/c22-15(12-27-16(23)11-19-17(24)14-4-2-10-28-14)20-5-7-21(8-6-20)18(25)13-3-1-9-26-13/h1-4,9-10H,5-8,11-12H2,(H,19,24). The maximum atomic E-state index is 12.2. The van der Waals surface area contributed by atoms with Crippen LogP contribution in [0.15, 0.2) is 40.3 Å². The van der Waals surface area contributed by atoms with E-state index in [9.17, 15) is 19.2 Å². The molecular formula is C18H19N3O6S. The molecule has 0 spiro atoms. The summed E-state index contributed by atoms with van der Waals surface area (Å²) in [4.78, 5) is 51.4. The van der Waals surface area contributed by atoms with Gasteiger partial charge in [0.05, 0.1) is 11.1 Å². The number of piperazine rings is 1. The predicted octanol–water partition coefficient (Wildman–Crippen LogP) is 0.599. The van der Waals surface area contributed by atoms with Crippen molar-refractivity contribution in [2.45, 2.75) is 0 Å². The van der Waals surface area contributed by atoms with Crippen molar-refractivity contribution in [3.8, 4) is 0 Å². The van der Waals surface area contributed by atoms with E-state index in [2.05, 4.69) is 5.32 Å². The Balaban J connectivity index is 1.35. The van der Waals surface area contributed by atoms with Gasteiger partial charge in [-0.25, -0.2) is 0 Å². The first kappa shape index (κ1) is 19.6. The minimum Gasteiger partial charge on any atom is -0.459 e. The van der Waals surface area contributed by atoms with E-state index in [0.717, 1.165) is 0 Å². The van der Waals surface area contributed by atoms with Gasteiger partial charge >= 0.3 is 5.97 Å². The molecule has 3 amide bonds. The third-order valence-corrected chi connectivity index (χ3v) is 5.02. The second kappa shape index (κ2) is 9.18. The second-order valence-electron chi connectivity index (χ2n) is 5.97. The molecule has 0 saturated carbocycles. The van der Waals surface area contributed by atoms with Crippen molar-refractivity contribution in [1.82, 2.24) is 15.1 Å². The van der Waals surface area contributed by atoms with Crippen molar-refractivity contribution < 1.29 is 28.3 Å². The first-order chi connectivity index (χ1) is 13.5. The lowest BCUT2D eigenvalue weighted by atomic mass is 10.3. The largest absolute Gasteiger partial charge is 0.459 e. The lowest BCUT2D eigenvalue weighted by Crippen LogP contribution is -2.51. The van der Waals surface area contributed by atoms with Gasteiger partial charge in [-0.05, 0) is 23.6 Å². The first-order valence-electron chi connectivity index (χ1n) is 8.62. The highest BCUT2D eigenvalue weighted by Crippen LogP contribution is 2.10. The fraction of sp³-hybridized carbons (Fsp3) is 0.333. The number of amides is 3. The van der Waals surface area contributed by atoms with Gasteiger partial charge < -0.3 is 24.3 Å². The van der Waals surface area contributed by atoms with E-state index in [0.29, 0.717) is 31.1 Å². The lowest BCUT2D eigenvalue weighted by molar-refractivity contribution is -0.151. The van der Waals surface area contributed by atoms with Crippen molar-refractivity contribution in [3.05, 3.63) is 46.5 Å². The summed E-state index contributed by atoms with van der Waals surface area (Å²) >= 11 is 1.26. The number of carbonyl (C=O) groups is 4. The molecule has 1 fully saturated rings. The number of ether oxygens (including phenoxy) is 1. The van der Waals surface area contributed by atoms with E-state index in [4.69, 9.17) is 9.15 Å². The molecule has 1 N–H and O–H groups in total. The maximum absolute atomic E-state index is 12.2. The van der Waals surface area contributed by atoms with E-state index in [-0.39, 0.29) is 30.0 Å². The number of nitrogens with zero attached hydrogens (tertiary/aromatic N) is 2. The summed E-state index contributed by atoms with van der Waals surface area (Å²) in [6, 6.07) is 6.62. The molecule has 1 saturated heterocycles. The predicted molar refractivity (Wildman–Crippen MR) is 98.8 cm³/mol. The number of esters is 1. The van der Waals surface area contributed by atoms with Crippen molar-refractivity contribution in [1.29, 1.82) is 0 Å². The van der Waals surface area contributed by atoms with E-state index >= 15 is 0 Å². The van der Waals surface area contributed by atoms with Crippen LogP contribution in [0.1, 0.15) is 20.2 Å². The summed E-state index contributed by atoms with van der Waals surface area (Å²) in [5.74, 6) is -1.35. The van der Waals surface area contributed by atoms with Crippen LogP contribution in [0.3, 0.4) is 0 Å². The van der Waals surface area contributed by atoms with Crippen molar-refractivity contribution in [3.63, 3.8) is 0 Å². The van der Waals surface area contributed by atoms with E-state index in [1.54, 1.807) is 34.5 Å². The van der Waals surface area contributed by atoms with Crippen LogP contribution in [0, 0.1) is 0 Å². The molecule has 9 nitrogen and oxygen atoms in total. The molecule has 0 unspecified atom stereocenters. The molecule has 10 heteroatoms. The van der Waals surface area contributed by atoms with Gasteiger partial charge in [0.25, 0.3) is 17.7 Å². The Kier molecular flexibility index (Phi) is 6.43. The zero-order valence-corrected chi connectivity index (χ0v) is 15.8. The van der Waals surface area contributed by atoms with E-state index < -0.39 is 12.6 Å². The number of furan rings is 1. The molecule has 148 valence electrons. The third kappa shape index (κ3) is 4.97. The molecule has 2 aromatic heterocycles. The zero-order valence-electron chi connectivity index (χ0n) is 15.0. The Morgan fingerprint density at radius 2 is 1.82 bits per heavy atom. The number of hydrogen-bond donors (Lipinski definition) is 1. The zero-order chi connectivity index (χ0) is 19.9. The maximum Gasteiger partial charge on any atom is 0.325 e. The Morgan fingerprint density at radius 3 is 2.46 bits per heavy atom. The summed E-state index contributed by atoms with van der Waals surface area (Å²) in [5.41, 5.74) is 0. The van der Waals surface area contributed by atoms with Crippen LogP contribution in [-0.4, -0.2) is 72.8 Å². The fourth-order valence-electron chi connectivity index (χ4n) is 2.65. The highest BCUT2D eigenvalue weighted by Gasteiger charge is 2.26. The van der Waals surface area contributed by atoms with Crippen LogP contribution < -0.4 is 5.32 Å². The topological polar surface area (TPSA) is 109 Å². The Labute approximate surface area is 164 Å². The molecule has 3 heterocycles.